The van der Waals surface area contributed by atoms with E-state index in [0.717, 1.165) is 24.7 Å². The third kappa shape index (κ3) is 3.73. The molecular formula is C13H19N3O. The zero-order valence-corrected chi connectivity index (χ0v) is 10.2. The standard InChI is InChI=1S/C13H19N3O/c1-2-7-14-13(17)11-5-6-12(16-9-11)15-8-10-3-4-10/h5-6,9-10H,2-4,7-8H2,1H3,(H,14,17)(H,15,16). The number of carbonyl (C=O) groups is 1. The Morgan fingerprint density at radius 1 is 1.47 bits per heavy atom. The number of nitrogens with zero attached hydrogens (tertiary/aromatic N) is 1. The first-order chi connectivity index (χ1) is 8.29. The summed E-state index contributed by atoms with van der Waals surface area (Å²) in [7, 11) is 0. The molecule has 1 aromatic heterocycles. The number of hydrogen-bond acceptors (Lipinski definition) is 3. The molecule has 1 heterocycles. The summed E-state index contributed by atoms with van der Waals surface area (Å²) in [4.78, 5) is 15.9. The largest absolute Gasteiger partial charge is 0.370 e. The van der Waals surface area contributed by atoms with Crippen molar-refractivity contribution in [1.29, 1.82) is 0 Å². The van der Waals surface area contributed by atoms with Gasteiger partial charge in [-0.05, 0) is 37.3 Å². The Hall–Kier alpha value is -1.58. The highest BCUT2D eigenvalue weighted by Gasteiger charge is 2.20. The maximum Gasteiger partial charge on any atom is 0.252 e. The van der Waals surface area contributed by atoms with Crippen LogP contribution in [0.1, 0.15) is 36.5 Å². The predicted molar refractivity (Wildman–Crippen MR) is 68.1 cm³/mol. The summed E-state index contributed by atoms with van der Waals surface area (Å²) in [6.07, 6.45) is 5.22. The highest BCUT2D eigenvalue weighted by Crippen LogP contribution is 2.28. The Labute approximate surface area is 102 Å². The van der Waals surface area contributed by atoms with Crippen molar-refractivity contribution in [3.63, 3.8) is 0 Å². The average molecular weight is 233 g/mol. The van der Waals surface area contributed by atoms with Crippen LogP contribution in [0.25, 0.3) is 0 Å². The zero-order chi connectivity index (χ0) is 12.1. The first-order valence-electron chi connectivity index (χ1n) is 6.27. The molecule has 1 aliphatic carbocycles. The molecule has 0 aliphatic heterocycles. The molecule has 17 heavy (non-hydrogen) atoms. The van der Waals surface area contributed by atoms with Gasteiger partial charge in [-0.3, -0.25) is 4.79 Å². The summed E-state index contributed by atoms with van der Waals surface area (Å²) < 4.78 is 0. The van der Waals surface area contributed by atoms with Gasteiger partial charge >= 0.3 is 0 Å². The van der Waals surface area contributed by atoms with Gasteiger partial charge in [-0.2, -0.15) is 0 Å². The molecule has 92 valence electrons. The summed E-state index contributed by atoms with van der Waals surface area (Å²) in [5, 5.41) is 6.10. The predicted octanol–water partition coefficient (Wildman–Crippen LogP) is 2.04. The lowest BCUT2D eigenvalue weighted by molar-refractivity contribution is 0.0953. The molecule has 4 heteroatoms. The van der Waals surface area contributed by atoms with E-state index in [0.29, 0.717) is 12.1 Å². The molecule has 0 radical (unpaired) electrons. The van der Waals surface area contributed by atoms with E-state index in [1.165, 1.54) is 12.8 Å². The normalized spacial score (nSPS) is 14.4. The molecule has 1 amide bonds. The van der Waals surface area contributed by atoms with Gasteiger partial charge in [-0.15, -0.1) is 0 Å². The topological polar surface area (TPSA) is 54.0 Å². The average Bonchev–Trinajstić information content (AvgIpc) is 3.18. The molecule has 0 aromatic carbocycles. The number of amides is 1. The van der Waals surface area contributed by atoms with E-state index in [4.69, 9.17) is 0 Å². The minimum absolute atomic E-state index is 0.0481. The second-order valence-electron chi connectivity index (χ2n) is 4.51. The lowest BCUT2D eigenvalue weighted by Crippen LogP contribution is -2.24. The lowest BCUT2D eigenvalue weighted by Gasteiger charge is -2.06. The van der Waals surface area contributed by atoms with Crippen LogP contribution in [-0.4, -0.2) is 24.0 Å². The van der Waals surface area contributed by atoms with Gasteiger partial charge in [-0.25, -0.2) is 4.98 Å². The molecule has 1 aromatic rings. The fourth-order valence-corrected chi connectivity index (χ4v) is 1.54. The van der Waals surface area contributed by atoms with Crippen molar-refractivity contribution in [3.05, 3.63) is 23.9 Å². The van der Waals surface area contributed by atoms with E-state index in [1.807, 2.05) is 19.1 Å². The van der Waals surface area contributed by atoms with Crippen LogP contribution in [0.15, 0.2) is 18.3 Å². The van der Waals surface area contributed by atoms with Gasteiger partial charge in [-0.1, -0.05) is 6.92 Å². The van der Waals surface area contributed by atoms with Gasteiger partial charge in [0.05, 0.1) is 5.56 Å². The number of pyridine rings is 1. The number of carbonyl (C=O) groups excluding carboxylic acids is 1. The van der Waals surface area contributed by atoms with Crippen LogP contribution < -0.4 is 10.6 Å². The minimum Gasteiger partial charge on any atom is -0.370 e. The Morgan fingerprint density at radius 2 is 2.29 bits per heavy atom. The van der Waals surface area contributed by atoms with E-state index in [9.17, 15) is 4.79 Å². The number of anilines is 1. The SMILES string of the molecule is CCCNC(=O)c1ccc(NCC2CC2)nc1. The molecule has 0 spiro atoms. The Kier molecular flexibility index (Phi) is 3.96. The van der Waals surface area contributed by atoms with E-state index >= 15 is 0 Å². The molecular weight excluding hydrogens is 214 g/mol. The third-order valence-electron chi connectivity index (χ3n) is 2.83. The van der Waals surface area contributed by atoms with Gasteiger partial charge in [0.2, 0.25) is 0 Å². The molecule has 4 nitrogen and oxygen atoms in total. The van der Waals surface area contributed by atoms with Gasteiger partial charge in [0.1, 0.15) is 5.82 Å². The first kappa shape index (κ1) is 11.9. The van der Waals surface area contributed by atoms with Crippen molar-refractivity contribution in [2.45, 2.75) is 26.2 Å². The molecule has 0 unspecified atom stereocenters. The van der Waals surface area contributed by atoms with Crippen LogP contribution in [0.2, 0.25) is 0 Å². The van der Waals surface area contributed by atoms with E-state index in [1.54, 1.807) is 6.20 Å². The smallest absolute Gasteiger partial charge is 0.252 e. The molecule has 0 bridgehead atoms. The molecule has 0 atom stereocenters. The maximum absolute atomic E-state index is 11.6. The minimum atomic E-state index is -0.0481. The monoisotopic (exact) mass is 233 g/mol. The van der Waals surface area contributed by atoms with Crippen molar-refractivity contribution in [1.82, 2.24) is 10.3 Å². The Bertz CT molecular complexity index is 371. The van der Waals surface area contributed by atoms with Gasteiger partial charge in [0.15, 0.2) is 0 Å². The van der Waals surface area contributed by atoms with Crippen LogP contribution in [0.5, 0.6) is 0 Å². The fourth-order valence-electron chi connectivity index (χ4n) is 1.54. The Morgan fingerprint density at radius 3 is 2.88 bits per heavy atom. The second kappa shape index (κ2) is 5.66. The van der Waals surface area contributed by atoms with Crippen molar-refractivity contribution in [3.8, 4) is 0 Å². The van der Waals surface area contributed by atoms with Crippen molar-refractivity contribution in [2.24, 2.45) is 5.92 Å². The van der Waals surface area contributed by atoms with Crippen molar-refractivity contribution >= 4 is 11.7 Å². The molecule has 2 rings (SSSR count). The summed E-state index contributed by atoms with van der Waals surface area (Å²) >= 11 is 0. The van der Waals surface area contributed by atoms with E-state index in [2.05, 4.69) is 15.6 Å². The van der Waals surface area contributed by atoms with Crippen LogP contribution in [0.3, 0.4) is 0 Å². The van der Waals surface area contributed by atoms with Crippen molar-refractivity contribution < 1.29 is 4.79 Å². The molecule has 1 saturated carbocycles. The Balaban J connectivity index is 1.85. The molecule has 0 saturated heterocycles. The van der Waals surface area contributed by atoms with Gasteiger partial charge in [0.25, 0.3) is 5.91 Å². The zero-order valence-electron chi connectivity index (χ0n) is 10.2. The summed E-state index contributed by atoms with van der Waals surface area (Å²) in [5.74, 6) is 1.63. The number of rotatable bonds is 6. The number of hydrogen-bond donors (Lipinski definition) is 2. The number of nitrogens with one attached hydrogen (secondary N) is 2. The lowest BCUT2D eigenvalue weighted by atomic mass is 10.2. The second-order valence-corrected chi connectivity index (χ2v) is 4.51. The third-order valence-corrected chi connectivity index (χ3v) is 2.83. The molecule has 2 N–H and O–H groups in total. The summed E-state index contributed by atoms with van der Waals surface area (Å²) in [6, 6.07) is 3.68. The van der Waals surface area contributed by atoms with Crippen LogP contribution in [-0.2, 0) is 0 Å². The van der Waals surface area contributed by atoms with Gasteiger partial charge < -0.3 is 10.6 Å². The van der Waals surface area contributed by atoms with E-state index < -0.39 is 0 Å². The van der Waals surface area contributed by atoms with Crippen LogP contribution in [0.4, 0.5) is 5.82 Å². The summed E-state index contributed by atoms with van der Waals surface area (Å²) in [5.41, 5.74) is 0.621. The number of aromatic nitrogens is 1. The van der Waals surface area contributed by atoms with Gasteiger partial charge in [0, 0.05) is 19.3 Å². The van der Waals surface area contributed by atoms with Crippen molar-refractivity contribution in [2.75, 3.05) is 18.4 Å². The fraction of sp³-hybridized carbons (Fsp3) is 0.538. The maximum atomic E-state index is 11.6. The van der Waals surface area contributed by atoms with Crippen LogP contribution in [0, 0.1) is 5.92 Å². The quantitative estimate of drug-likeness (QED) is 0.790. The first-order valence-corrected chi connectivity index (χ1v) is 6.27. The molecule has 1 aliphatic rings. The molecule has 1 fully saturated rings. The van der Waals surface area contributed by atoms with E-state index in [-0.39, 0.29) is 5.91 Å². The van der Waals surface area contributed by atoms with Crippen LogP contribution >= 0.6 is 0 Å². The highest BCUT2D eigenvalue weighted by atomic mass is 16.1. The highest BCUT2D eigenvalue weighted by molar-refractivity contribution is 5.93. The summed E-state index contributed by atoms with van der Waals surface area (Å²) in [6.45, 7) is 3.73.